The van der Waals surface area contributed by atoms with Crippen LogP contribution in [0.5, 0.6) is 0 Å². The average Bonchev–Trinajstić information content (AvgIpc) is 2.45. The second-order valence-corrected chi connectivity index (χ2v) is 5.04. The molecular weight excluding hydrogens is 270 g/mol. The van der Waals surface area contributed by atoms with E-state index in [2.05, 4.69) is 4.98 Å². The number of hydrogen-bond acceptors (Lipinski definition) is 4. The van der Waals surface area contributed by atoms with Crippen LogP contribution < -0.4 is 5.43 Å². The summed E-state index contributed by atoms with van der Waals surface area (Å²) in [5, 5.41) is 0. The summed E-state index contributed by atoms with van der Waals surface area (Å²) in [5.74, 6) is -0.753. The largest absolute Gasteiger partial charge is 0.461 e. The van der Waals surface area contributed by atoms with Crippen molar-refractivity contribution in [1.29, 1.82) is 0 Å². The van der Waals surface area contributed by atoms with E-state index in [4.69, 9.17) is 4.74 Å². The molecule has 5 nitrogen and oxygen atoms in total. The number of ketones is 1. The molecule has 0 radical (unpaired) electrons. The maximum Gasteiger partial charge on any atom is 0.355 e. The first-order chi connectivity index (χ1) is 10.0. The highest BCUT2D eigenvalue weighted by Gasteiger charge is 2.27. The fourth-order valence-electron chi connectivity index (χ4n) is 2.52. The van der Waals surface area contributed by atoms with Gasteiger partial charge < -0.3 is 9.72 Å². The highest BCUT2D eigenvalue weighted by Crippen LogP contribution is 2.24. The fourth-order valence-corrected chi connectivity index (χ4v) is 2.52. The summed E-state index contributed by atoms with van der Waals surface area (Å²) in [6.07, 6.45) is 3.13. The normalized spacial score (nSPS) is 13.7. The van der Waals surface area contributed by atoms with Crippen LogP contribution in [0.25, 0.3) is 5.57 Å². The molecular formula is C16H19NO4. The van der Waals surface area contributed by atoms with Crippen molar-refractivity contribution in [3.63, 3.8) is 0 Å². The van der Waals surface area contributed by atoms with Crippen LogP contribution in [0.3, 0.4) is 0 Å². The van der Waals surface area contributed by atoms with Crippen molar-refractivity contribution < 1.29 is 14.3 Å². The number of carbonyl (C=O) groups excluding carboxylic acids is 2. The molecule has 2 rings (SSSR count). The molecule has 1 N–H and O–H groups in total. The molecule has 21 heavy (non-hydrogen) atoms. The molecule has 1 aliphatic carbocycles. The first-order valence-electron chi connectivity index (χ1n) is 7.17. The Labute approximate surface area is 123 Å². The molecule has 0 unspecified atom stereocenters. The third kappa shape index (κ3) is 2.68. The number of fused-ring (bicyclic) bond motifs is 1. The molecule has 0 aliphatic heterocycles. The van der Waals surface area contributed by atoms with E-state index < -0.39 is 5.97 Å². The Hall–Kier alpha value is -2.17. The van der Waals surface area contributed by atoms with Gasteiger partial charge in [0.25, 0.3) is 0 Å². The van der Waals surface area contributed by atoms with Crippen LogP contribution in [0.2, 0.25) is 0 Å². The predicted molar refractivity (Wildman–Crippen MR) is 79.6 cm³/mol. The monoisotopic (exact) mass is 289 g/mol. The number of rotatable bonds is 4. The van der Waals surface area contributed by atoms with E-state index in [1.54, 1.807) is 13.0 Å². The quantitative estimate of drug-likeness (QED) is 0.864. The zero-order chi connectivity index (χ0) is 15.6. The lowest BCUT2D eigenvalue weighted by atomic mass is 9.91. The Morgan fingerprint density at radius 3 is 2.67 bits per heavy atom. The first-order valence-corrected chi connectivity index (χ1v) is 7.17. The molecule has 5 heteroatoms. The van der Waals surface area contributed by atoms with Crippen molar-refractivity contribution in [2.45, 2.75) is 40.0 Å². The van der Waals surface area contributed by atoms with E-state index in [1.165, 1.54) is 0 Å². The summed E-state index contributed by atoms with van der Waals surface area (Å²) in [5.41, 5.74) is 1.59. The Morgan fingerprint density at radius 2 is 2.05 bits per heavy atom. The van der Waals surface area contributed by atoms with Gasteiger partial charge in [-0.25, -0.2) is 4.79 Å². The van der Waals surface area contributed by atoms with E-state index >= 15 is 0 Å². The van der Waals surface area contributed by atoms with E-state index in [0.29, 0.717) is 24.1 Å². The lowest BCUT2D eigenvalue weighted by Crippen LogP contribution is -2.28. The maximum atomic E-state index is 12.6. The Balaban J connectivity index is 2.73. The van der Waals surface area contributed by atoms with Crippen LogP contribution in [-0.2, 0) is 11.2 Å². The van der Waals surface area contributed by atoms with Crippen LogP contribution in [0.4, 0.5) is 0 Å². The minimum atomic E-state index is -0.549. The fraction of sp³-hybridized carbons (Fsp3) is 0.438. The summed E-state index contributed by atoms with van der Waals surface area (Å²) in [6.45, 7) is 5.68. The minimum absolute atomic E-state index is 0.171. The van der Waals surface area contributed by atoms with Gasteiger partial charge in [0.05, 0.1) is 17.9 Å². The lowest BCUT2D eigenvalue weighted by molar-refractivity contribution is 0.0517. The van der Waals surface area contributed by atoms with E-state index in [-0.39, 0.29) is 35.5 Å². The standard InChI is InChI=1S/C16H19NO4/c1-4-6-10-14(16(20)21-5-2)17-13-9(3)7-8-11(18)12(13)15(10)19/h7H,4-6,8H2,1-3H3,(H,17,19). The smallest absolute Gasteiger partial charge is 0.355 e. The van der Waals surface area contributed by atoms with Crippen molar-refractivity contribution in [3.05, 3.63) is 38.8 Å². The molecule has 0 atom stereocenters. The molecule has 0 bridgehead atoms. The Bertz CT molecular complexity index is 682. The van der Waals surface area contributed by atoms with Gasteiger partial charge in [0, 0.05) is 12.0 Å². The van der Waals surface area contributed by atoms with Crippen molar-refractivity contribution in [3.8, 4) is 0 Å². The topological polar surface area (TPSA) is 76.2 Å². The number of carbonyl (C=O) groups is 2. The van der Waals surface area contributed by atoms with Crippen LogP contribution in [-0.4, -0.2) is 23.3 Å². The number of esters is 1. The van der Waals surface area contributed by atoms with Crippen molar-refractivity contribution in [1.82, 2.24) is 4.98 Å². The molecule has 112 valence electrons. The molecule has 1 aliphatic rings. The number of nitrogens with one attached hydrogen (secondary N) is 1. The van der Waals surface area contributed by atoms with Crippen LogP contribution in [0, 0.1) is 0 Å². The van der Waals surface area contributed by atoms with E-state index in [1.807, 2.05) is 13.8 Å². The zero-order valence-electron chi connectivity index (χ0n) is 12.5. The average molecular weight is 289 g/mol. The van der Waals surface area contributed by atoms with Gasteiger partial charge in [-0.05, 0) is 25.8 Å². The number of allylic oxidation sites excluding steroid dienone is 2. The summed E-state index contributed by atoms with van der Waals surface area (Å²) >= 11 is 0. The number of ether oxygens (including phenoxy) is 1. The van der Waals surface area contributed by atoms with Gasteiger partial charge in [0.1, 0.15) is 5.69 Å². The highest BCUT2D eigenvalue weighted by atomic mass is 16.5. The first kappa shape index (κ1) is 15.2. The third-order valence-electron chi connectivity index (χ3n) is 3.55. The zero-order valence-corrected chi connectivity index (χ0v) is 12.5. The number of aromatic nitrogens is 1. The number of Topliss-reactive ketones (excluding diaryl/α,β-unsaturated/α-hetero) is 1. The highest BCUT2D eigenvalue weighted by molar-refractivity contribution is 6.04. The summed E-state index contributed by atoms with van der Waals surface area (Å²) in [7, 11) is 0. The van der Waals surface area contributed by atoms with Crippen molar-refractivity contribution in [2.75, 3.05) is 6.61 Å². The lowest BCUT2D eigenvalue weighted by Gasteiger charge is -2.17. The van der Waals surface area contributed by atoms with E-state index in [0.717, 1.165) is 5.57 Å². The Morgan fingerprint density at radius 1 is 1.33 bits per heavy atom. The van der Waals surface area contributed by atoms with Crippen molar-refractivity contribution >= 4 is 17.3 Å². The van der Waals surface area contributed by atoms with Gasteiger partial charge in [0.15, 0.2) is 11.2 Å². The Kier molecular flexibility index (Phi) is 4.40. The number of H-pyrrole nitrogens is 1. The third-order valence-corrected chi connectivity index (χ3v) is 3.55. The predicted octanol–water partition coefficient (Wildman–Crippen LogP) is 2.49. The van der Waals surface area contributed by atoms with Gasteiger partial charge in [0.2, 0.25) is 0 Å². The summed E-state index contributed by atoms with van der Waals surface area (Å²) in [6, 6.07) is 0. The van der Waals surface area contributed by atoms with Gasteiger partial charge in [-0.3, -0.25) is 9.59 Å². The number of hydrogen-bond donors (Lipinski definition) is 1. The molecule has 0 saturated carbocycles. The molecule has 1 aromatic rings. The van der Waals surface area contributed by atoms with Crippen LogP contribution >= 0.6 is 0 Å². The molecule has 1 aromatic heterocycles. The minimum Gasteiger partial charge on any atom is -0.461 e. The van der Waals surface area contributed by atoms with Gasteiger partial charge >= 0.3 is 5.97 Å². The second kappa shape index (κ2) is 6.08. The van der Waals surface area contributed by atoms with Gasteiger partial charge in [-0.15, -0.1) is 0 Å². The second-order valence-electron chi connectivity index (χ2n) is 5.04. The van der Waals surface area contributed by atoms with Gasteiger partial charge in [-0.1, -0.05) is 19.4 Å². The summed E-state index contributed by atoms with van der Waals surface area (Å²) in [4.78, 5) is 39.7. The van der Waals surface area contributed by atoms with Gasteiger partial charge in [-0.2, -0.15) is 0 Å². The molecule has 0 saturated heterocycles. The molecule has 1 heterocycles. The number of pyridine rings is 1. The van der Waals surface area contributed by atoms with Crippen LogP contribution in [0.15, 0.2) is 10.9 Å². The molecule has 0 spiro atoms. The molecule has 0 amide bonds. The van der Waals surface area contributed by atoms with Crippen molar-refractivity contribution in [2.24, 2.45) is 0 Å². The summed E-state index contributed by atoms with van der Waals surface area (Å²) < 4.78 is 5.01. The SMILES string of the molecule is CCCc1c(C(=O)OCC)[nH]c2c(c1=O)C(=O)CC=C2C. The maximum absolute atomic E-state index is 12.6. The number of aromatic amines is 1. The van der Waals surface area contributed by atoms with E-state index in [9.17, 15) is 14.4 Å². The molecule has 0 fully saturated rings. The van der Waals surface area contributed by atoms with Crippen LogP contribution in [0.1, 0.15) is 65.7 Å². The molecule has 0 aromatic carbocycles.